The van der Waals surface area contributed by atoms with Gasteiger partial charge in [-0.3, -0.25) is 14.6 Å². The van der Waals surface area contributed by atoms with Gasteiger partial charge in [-0.25, -0.2) is 8.78 Å². The van der Waals surface area contributed by atoms with Gasteiger partial charge in [-0.05, 0) is 25.1 Å². The number of carboxylic acid groups (broad SMARTS) is 1. The maximum Gasteiger partial charge on any atom is 0.325 e. The molecule has 104 valence electrons. The lowest BCUT2D eigenvalue weighted by Crippen LogP contribution is -2.38. The first kappa shape index (κ1) is 13.9. The number of hydrogen-bond acceptors (Lipinski definition) is 3. The highest BCUT2D eigenvalue weighted by molar-refractivity contribution is 5.99. The first-order valence-corrected chi connectivity index (χ1v) is 5.67. The number of hydrogen-bond donors (Lipinski definition) is 2. The van der Waals surface area contributed by atoms with Crippen molar-refractivity contribution in [2.24, 2.45) is 0 Å². The molecule has 0 saturated heterocycles. The van der Waals surface area contributed by atoms with Crippen molar-refractivity contribution in [3.8, 4) is 0 Å². The van der Waals surface area contributed by atoms with E-state index in [2.05, 4.69) is 10.3 Å². The fourth-order valence-corrected chi connectivity index (χ4v) is 1.61. The lowest BCUT2D eigenvalue weighted by Gasteiger charge is -2.09. The number of nitrogens with one attached hydrogen (secondary N) is 1. The summed E-state index contributed by atoms with van der Waals surface area (Å²) >= 11 is 0. The molecule has 0 saturated carbocycles. The molecular formula is C13H10F2N2O3. The Bertz CT molecular complexity index is 703. The van der Waals surface area contributed by atoms with E-state index in [1.165, 1.54) is 19.1 Å². The van der Waals surface area contributed by atoms with E-state index in [4.69, 9.17) is 5.11 Å². The van der Waals surface area contributed by atoms with Crippen LogP contribution >= 0.6 is 0 Å². The van der Waals surface area contributed by atoms with E-state index in [1.54, 1.807) is 0 Å². The molecule has 1 aromatic heterocycles. The van der Waals surface area contributed by atoms with E-state index in [0.29, 0.717) is 0 Å². The van der Waals surface area contributed by atoms with E-state index in [0.717, 1.165) is 12.3 Å². The summed E-state index contributed by atoms with van der Waals surface area (Å²) in [7, 11) is 0. The van der Waals surface area contributed by atoms with Crippen molar-refractivity contribution in [2.45, 2.75) is 13.0 Å². The lowest BCUT2D eigenvalue weighted by molar-refractivity contribution is -0.138. The van der Waals surface area contributed by atoms with E-state index in [-0.39, 0.29) is 16.5 Å². The Balaban J connectivity index is 2.35. The molecule has 1 amide bonds. The standard InChI is InChI=1S/C13H10F2N2O3/c1-6(13(19)20)17-12(18)8-4-7-2-3-9(14)10(15)11(7)16-5-8/h2-6H,1H3,(H,17,18)(H,19,20). The highest BCUT2D eigenvalue weighted by Gasteiger charge is 2.16. The monoisotopic (exact) mass is 280 g/mol. The molecule has 1 heterocycles. The number of carbonyl (C=O) groups is 2. The number of amides is 1. The molecule has 0 radical (unpaired) electrons. The fraction of sp³-hybridized carbons (Fsp3) is 0.154. The number of fused-ring (bicyclic) bond motifs is 1. The van der Waals surface area contributed by atoms with Gasteiger partial charge in [-0.15, -0.1) is 0 Å². The van der Waals surface area contributed by atoms with Crippen molar-refractivity contribution < 1.29 is 23.5 Å². The van der Waals surface area contributed by atoms with Gasteiger partial charge in [-0.2, -0.15) is 0 Å². The molecule has 1 atom stereocenters. The van der Waals surface area contributed by atoms with E-state index in [1.807, 2.05) is 0 Å². The Hall–Kier alpha value is -2.57. The van der Waals surface area contributed by atoms with Crippen molar-refractivity contribution in [3.63, 3.8) is 0 Å². The molecule has 0 aliphatic heterocycles. The zero-order chi connectivity index (χ0) is 14.9. The van der Waals surface area contributed by atoms with E-state index in [9.17, 15) is 18.4 Å². The summed E-state index contributed by atoms with van der Waals surface area (Å²) in [5, 5.41) is 11.2. The Morgan fingerprint density at radius 2 is 2.05 bits per heavy atom. The Morgan fingerprint density at radius 3 is 2.70 bits per heavy atom. The van der Waals surface area contributed by atoms with Gasteiger partial charge in [0.1, 0.15) is 11.6 Å². The second-order valence-electron chi connectivity index (χ2n) is 4.19. The van der Waals surface area contributed by atoms with Gasteiger partial charge in [0.2, 0.25) is 0 Å². The Morgan fingerprint density at radius 1 is 1.35 bits per heavy atom. The van der Waals surface area contributed by atoms with Crippen LogP contribution in [0, 0.1) is 11.6 Å². The number of pyridine rings is 1. The number of carboxylic acids is 1. The van der Waals surface area contributed by atoms with Crippen LogP contribution in [-0.2, 0) is 4.79 Å². The minimum atomic E-state index is -1.18. The number of nitrogens with zero attached hydrogens (tertiary/aromatic N) is 1. The summed E-state index contributed by atoms with van der Waals surface area (Å²) in [4.78, 5) is 26.1. The maximum atomic E-state index is 13.4. The molecule has 0 bridgehead atoms. The van der Waals surface area contributed by atoms with E-state index < -0.39 is 29.6 Å². The van der Waals surface area contributed by atoms with Crippen LogP contribution in [0.3, 0.4) is 0 Å². The average Bonchev–Trinajstić information content (AvgIpc) is 2.42. The van der Waals surface area contributed by atoms with Gasteiger partial charge in [-0.1, -0.05) is 0 Å². The summed E-state index contributed by atoms with van der Waals surface area (Å²) in [6.45, 7) is 1.31. The van der Waals surface area contributed by atoms with Crippen molar-refractivity contribution in [1.29, 1.82) is 0 Å². The van der Waals surface area contributed by atoms with Crippen molar-refractivity contribution >= 4 is 22.8 Å². The van der Waals surface area contributed by atoms with Crippen LogP contribution in [0.5, 0.6) is 0 Å². The second-order valence-corrected chi connectivity index (χ2v) is 4.19. The minimum absolute atomic E-state index is 0.0663. The van der Waals surface area contributed by atoms with Crippen LogP contribution < -0.4 is 5.32 Å². The molecule has 0 aliphatic rings. The highest BCUT2D eigenvalue weighted by Crippen LogP contribution is 2.19. The van der Waals surface area contributed by atoms with E-state index >= 15 is 0 Å². The van der Waals surface area contributed by atoms with Gasteiger partial charge in [0.15, 0.2) is 11.6 Å². The molecule has 0 fully saturated rings. The first-order valence-electron chi connectivity index (χ1n) is 5.67. The van der Waals surface area contributed by atoms with Crippen LogP contribution in [0.2, 0.25) is 0 Å². The summed E-state index contributed by atoms with van der Waals surface area (Å²) < 4.78 is 26.4. The lowest BCUT2D eigenvalue weighted by atomic mass is 10.1. The number of rotatable bonds is 3. The number of aromatic nitrogens is 1. The molecule has 1 unspecified atom stereocenters. The predicted octanol–water partition coefficient (Wildman–Crippen LogP) is 1.72. The molecule has 7 heteroatoms. The number of aliphatic carboxylic acids is 1. The number of carbonyl (C=O) groups excluding carboxylic acids is 1. The summed E-state index contributed by atoms with van der Waals surface area (Å²) in [6, 6.07) is 2.47. The molecule has 1 aromatic carbocycles. The first-order chi connectivity index (χ1) is 9.40. The quantitative estimate of drug-likeness (QED) is 0.897. The molecule has 5 nitrogen and oxygen atoms in total. The molecule has 20 heavy (non-hydrogen) atoms. The van der Waals surface area contributed by atoms with Crippen molar-refractivity contribution in [2.75, 3.05) is 0 Å². The van der Waals surface area contributed by atoms with Crippen LogP contribution in [0.4, 0.5) is 8.78 Å². The zero-order valence-corrected chi connectivity index (χ0v) is 10.4. The maximum absolute atomic E-state index is 13.4. The summed E-state index contributed by atoms with van der Waals surface area (Å²) in [6.07, 6.45) is 1.06. The summed E-state index contributed by atoms with van der Waals surface area (Å²) in [5.41, 5.74) is -0.121. The van der Waals surface area contributed by atoms with Crippen LogP contribution in [0.25, 0.3) is 10.9 Å². The van der Waals surface area contributed by atoms with Crippen molar-refractivity contribution in [3.05, 3.63) is 41.6 Å². The molecule has 2 rings (SSSR count). The third-order valence-electron chi connectivity index (χ3n) is 2.72. The van der Waals surface area contributed by atoms with Crippen LogP contribution in [0.1, 0.15) is 17.3 Å². The molecular weight excluding hydrogens is 270 g/mol. The second kappa shape index (κ2) is 5.20. The van der Waals surface area contributed by atoms with Gasteiger partial charge in [0.05, 0.1) is 5.56 Å². The SMILES string of the molecule is CC(NC(=O)c1cnc2c(F)c(F)ccc2c1)C(=O)O. The van der Waals surface area contributed by atoms with Gasteiger partial charge < -0.3 is 10.4 Å². The molecule has 0 aliphatic carbocycles. The van der Waals surface area contributed by atoms with Crippen LogP contribution in [-0.4, -0.2) is 28.0 Å². The fourth-order valence-electron chi connectivity index (χ4n) is 1.61. The molecule has 2 N–H and O–H groups in total. The van der Waals surface area contributed by atoms with Gasteiger partial charge in [0.25, 0.3) is 5.91 Å². The normalized spacial score (nSPS) is 12.2. The Kier molecular flexibility index (Phi) is 3.60. The van der Waals surface area contributed by atoms with Crippen molar-refractivity contribution in [1.82, 2.24) is 10.3 Å². The third-order valence-corrected chi connectivity index (χ3v) is 2.72. The largest absolute Gasteiger partial charge is 0.480 e. The van der Waals surface area contributed by atoms with Crippen LogP contribution in [0.15, 0.2) is 24.4 Å². The smallest absolute Gasteiger partial charge is 0.325 e. The zero-order valence-electron chi connectivity index (χ0n) is 10.4. The highest BCUT2D eigenvalue weighted by atomic mass is 19.2. The number of halogens is 2. The summed E-state index contributed by atoms with van der Waals surface area (Å²) in [5.74, 6) is -3.95. The number of benzene rings is 1. The molecule has 0 spiro atoms. The molecule has 2 aromatic rings. The predicted molar refractivity (Wildman–Crippen MR) is 66.2 cm³/mol. The average molecular weight is 280 g/mol. The van der Waals surface area contributed by atoms with Gasteiger partial charge >= 0.3 is 5.97 Å². The third kappa shape index (κ3) is 2.56. The minimum Gasteiger partial charge on any atom is -0.480 e. The Labute approximate surface area is 112 Å². The van der Waals surface area contributed by atoms with Gasteiger partial charge in [0, 0.05) is 11.6 Å². The topological polar surface area (TPSA) is 79.3 Å².